The van der Waals surface area contributed by atoms with Crippen molar-refractivity contribution in [3.05, 3.63) is 96.1 Å². The predicted molar refractivity (Wildman–Crippen MR) is 107 cm³/mol. The molecular formula is C23H25NO3. The summed E-state index contributed by atoms with van der Waals surface area (Å²) in [6, 6.07) is 19.5. The third-order valence-corrected chi connectivity index (χ3v) is 3.92. The first-order valence-corrected chi connectivity index (χ1v) is 8.96. The van der Waals surface area contributed by atoms with Crippen LogP contribution in [0.4, 0.5) is 0 Å². The van der Waals surface area contributed by atoms with Gasteiger partial charge in [0.25, 0.3) is 5.91 Å². The van der Waals surface area contributed by atoms with Gasteiger partial charge >= 0.3 is 5.97 Å². The first-order valence-electron chi connectivity index (χ1n) is 8.96. The monoisotopic (exact) mass is 363 g/mol. The van der Waals surface area contributed by atoms with Crippen LogP contribution in [0.3, 0.4) is 0 Å². The van der Waals surface area contributed by atoms with Crippen molar-refractivity contribution in [3.63, 3.8) is 0 Å². The number of allylic oxidation sites excluding steroid dienone is 3. The Hall–Kier alpha value is -3.14. The fourth-order valence-electron chi connectivity index (χ4n) is 2.59. The molecule has 0 radical (unpaired) electrons. The topological polar surface area (TPSA) is 46.6 Å². The average molecular weight is 363 g/mol. The van der Waals surface area contributed by atoms with Crippen LogP contribution in [0.25, 0.3) is 0 Å². The maximum atomic E-state index is 12.9. The van der Waals surface area contributed by atoms with Crippen molar-refractivity contribution < 1.29 is 14.3 Å². The van der Waals surface area contributed by atoms with Crippen molar-refractivity contribution in [3.8, 4) is 0 Å². The highest BCUT2D eigenvalue weighted by molar-refractivity contribution is 5.87. The standard InChI is InChI=1S/C23H25NO3/c1-3-4-7-16-22(25)27-19(2)23(26)24(17-20-12-8-5-9-13-20)18-21-14-10-6-11-15-21/h3-16,19H,17-18H2,1-2H3. The second kappa shape index (κ2) is 10.8. The Morgan fingerprint density at radius 2 is 1.44 bits per heavy atom. The van der Waals surface area contributed by atoms with Gasteiger partial charge in [-0.25, -0.2) is 4.79 Å². The van der Waals surface area contributed by atoms with Crippen molar-refractivity contribution >= 4 is 11.9 Å². The van der Waals surface area contributed by atoms with E-state index in [2.05, 4.69) is 0 Å². The zero-order valence-electron chi connectivity index (χ0n) is 15.7. The second-order valence-corrected chi connectivity index (χ2v) is 6.13. The number of esters is 1. The SMILES string of the molecule is CC=CC=CC(=O)OC(C)C(=O)N(Cc1ccccc1)Cc1ccccc1. The molecule has 0 aliphatic heterocycles. The summed E-state index contributed by atoms with van der Waals surface area (Å²) in [4.78, 5) is 26.5. The molecule has 0 N–H and O–H groups in total. The molecule has 4 nitrogen and oxygen atoms in total. The van der Waals surface area contributed by atoms with E-state index in [0.29, 0.717) is 13.1 Å². The maximum Gasteiger partial charge on any atom is 0.331 e. The highest BCUT2D eigenvalue weighted by Crippen LogP contribution is 2.13. The van der Waals surface area contributed by atoms with E-state index in [1.54, 1.807) is 30.1 Å². The van der Waals surface area contributed by atoms with E-state index in [4.69, 9.17) is 4.74 Å². The number of hydrogen-bond donors (Lipinski definition) is 0. The number of rotatable bonds is 8. The van der Waals surface area contributed by atoms with Gasteiger partial charge in [-0.3, -0.25) is 4.79 Å². The molecule has 2 rings (SSSR count). The Labute approximate surface area is 160 Å². The predicted octanol–water partition coefficient (Wildman–Crippen LogP) is 4.28. The summed E-state index contributed by atoms with van der Waals surface area (Å²) in [7, 11) is 0. The van der Waals surface area contributed by atoms with Gasteiger partial charge in [-0.2, -0.15) is 0 Å². The first-order chi connectivity index (χ1) is 13.1. The molecule has 0 heterocycles. The summed E-state index contributed by atoms with van der Waals surface area (Å²) in [6.07, 6.45) is 5.57. The van der Waals surface area contributed by atoms with E-state index < -0.39 is 12.1 Å². The van der Waals surface area contributed by atoms with Gasteiger partial charge in [0.15, 0.2) is 6.10 Å². The Bertz CT molecular complexity index is 740. The molecule has 1 amide bonds. The Morgan fingerprint density at radius 3 is 1.93 bits per heavy atom. The molecule has 27 heavy (non-hydrogen) atoms. The van der Waals surface area contributed by atoms with Gasteiger partial charge in [-0.1, -0.05) is 78.9 Å². The molecule has 0 bridgehead atoms. The first kappa shape index (κ1) is 20.2. The van der Waals surface area contributed by atoms with Crippen molar-refractivity contribution in [2.75, 3.05) is 0 Å². The molecule has 0 aromatic heterocycles. The second-order valence-electron chi connectivity index (χ2n) is 6.13. The van der Waals surface area contributed by atoms with E-state index in [0.717, 1.165) is 11.1 Å². The molecule has 0 aliphatic rings. The van der Waals surface area contributed by atoms with Crippen molar-refractivity contribution in [2.45, 2.75) is 33.0 Å². The third kappa shape index (κ3) is 6.94. The lowest BCUT2D eigenvalue weighted by Crippen LogP contribution is -2.39. The molecule has 140 valence electrons. The van der Waals surface area contributed by atoms with Gasteiger partial charge in [-0.05, 0) is 25.0 Å². The average Bonchev–Trinajstić information content (AvgIpc) is 2.68. The lowest BCUT2D eigenvalue weighted by atomic mass is 10.1. The summed E-state index contributed by atoms with van der Waals surface area (Å²) in [5, 5.41) is 0. The number of carbonyl (C=O) groups excluding carboxylic acids is 2. The number of carbonyl (C=O) groups is 2. The number of benzene rings is 2. The van der Waals surface area contributed by atoms with Crippen LogP contribution in [0.5, 0.6) is 0 Å². The van der Waals surface area contributed by atoms with E-state index in [9.17, 15) is 9.59 Å². The van der Waals surface area contributed by atoms with Crippen LogP contribution >= 0.6 is 0 Å². The summed E-state index contributed by atoms with van der Waals surface area (Å²) in [5.74, 6) is -0.760. The van der Waals surface area contributed by atoms with Gasteiger partial charge in [0.1, 0.15) is 0 Å². The Morgan fingerprint density at radius 1 is 0.926 bits per heavy atom. The van der Waals surface area contributed by atoms with Crippen LogP contribution in [0, 0.1) is 0 Å². The largest absolute Gasteiger partial charge is 0.449 e. The fraction of sp³-hybridized carbons (Fsp3) is 0.217. The molecule has 0 saturated heterocycles. The summed E-state index contributed by atoms with van der Waals surface area (Å²) >= 11 is 0. The molecule has 2 aromatic carbocycles. The highest BCUT2D eigenvalue weighted by atomic mass is 16.5. The summed E-state index contributed by atoms with van der Waals surface area (Å²) in [6.45, 7) is 4.36. The van der Waals surface area contributed by atoms with E-state index in [1.165, 1.54) is 6.08 Å². The van der Waals surface area contributed by atoms with Crippen LogP contribution in [-0.4, -0.2) is 22.9 Å². The lowest BCUT2D eigenvalue weighted by molar-refractivity contribution is -0.156. The van der Waals surface area contributed by atoms with Gasteiger partial charge in [0.2, 0.25) is 0 Å². The van der Waals surface area contributed by atoms with Crippen molar-refractivity contribution in [2.24, 2.45) is 0 Å². The molecule has 2 aromatic rings. The minimum atomic E-state index is -0.861. The molecule has 0 spiro atoms. The number of nitrogens with zero attached hydrogens (tertiary/aromatic N) is 1. The van der Waals surface area contributed by atoms with Crippen LogP contribution in [-0.2, 0) is 27.4 Å². The van der Waals surface area contributed by atoms with Gasteiger partial charge < -0.3 is 9.64 Å². The van der Waals surface area contributed by atoms with E-state index >= 15 is 0 Å². The molecule has 0 fully saturated rings. The zero-order valence-corrected chi connectivity index (χ0v) is 15.7. The fourth-order valence-corrected chi connectivity index (χ4v) is 2.59. The maximum absolute atomic E-state index is 12.9. The van der Waals surface area contributed by atoms with E-state index in [1.807, 2.05) is 67.6 Å². The van der Waals surface area contributed by atoms with Crippen LogP contribution in [0.1, 0.15) is 25.0 Å². The molecule has 1 atom stereocenters. The van der Waals surface area contributed by atoms with Crippen molar-refractivity contribution in [1.82, 2.24) is 4.90 Å². The van der Waals surface area contributed by atoms with Gasteiger partial charge in [0, 0.05) is 19.2 Å². The van der Waals surface area contributed by atoms with Gasteiger partial charge in [-0.15, -0.1) is 0 Å². The minimum Gasteiger partial charge on any atom is -0.449 e. The molecule has 4 heteroatoms. The molecular weight excluding hydrogens is 338 g/mol. The lowest BCUT2D eigenvalue weighted by Gasteiger charge is -2.26. The molecule has 0 saturated carbocycles. The van der Waals surface area contributed by atoms with E-state index in [-0.39, 0.29) is 5.91 Å². The zero-order chi connectivity index (χ0) is 19.5. The summed E-state index contributed by atoms with van der Waals surface area (Å²) in [5.41, 5.74) is 2.04. The number of hydrogen-bond acceptors (Lipinski definition) is 3. The number of ether oxygens (including phenoxy) is 1. The third-order valence-electron chi connectivity index (χ3n) is 3.92. The van der Waals surface area contributed by atoms with Gasteiger partial charge in [0.05, 0.1) is 0 Å². The Balaban J connectivity index is 2.10. The van der Waals surface area contributed by atoms with Crippen LogP contribution in [0.15, 0.2) is 85.0 Å². The molecule has 0 aliphatic carbocycles. The summed E-state index contributed by atoms with van der Waals surface area (Å²) < 4.78 is 5.26. The smallest absolute Gasteiger partial charge is 0.331 e. The van der Waals surface area contributed by atoms with Crippen LogP contribution in [0.2, 0.25) is 0 Å². The van der Waals surface area contributed by atoms with Crippen molar-refractivity contribution in [1.29, 1.82) is 0 Å². The normalized spacial score (nSPS) is 12.2. The minimum absolute atomic E-state index is 0.226. The van der Waals surface area contributed by atoms with Crippen LogP contribution < -0.4 is 0 Å². The quantitative estimate of drug-likeness (QED) is 0.399. The highest BCUT2D eigenvalue weighted by Gasteiger charge is 2.23. The number of amides is 1. The Kier molecular flexibility index (Phi) is 8.04. The molecule has 1 unspecified atom stereocenters.